The van der Waals surface area contributed by atoms with E-state index in [9.17, 15) is 9.90 Å². The Morgan fingerprint density at radius 1 is 1.47 bits per heavy atom. The van der Waals surface area contributed by atoms with Crippen molar-refractivity contribution >= 4 is 23.4 Å². The number of nitrogens with one attached hydrogen (secondary N) is 1. The number of hydrogen-bond donors (Lipinski definition) is 2. The molecule has 5 heteroatoms. The molecule has 0 radical (unpaired) electrons. The third-order valence-corrected chi connectivity index (χ3v) is 2.57. The van der Waals surface area contributed by atoms with Crippen molar-refractivity contribution < 1.29 is 14.6 Å². The van der Waals surface area contributed by atoms with Crippen LogP contribution < -0.4 is 5.32 Å². The maximum atomic E-state index is 11.6. The Bertz CT molecular complexity index is 452. The third kappa shape index (κ3) is 5.94. The molecule has 1 amide bonds. The summed E-state index contributed by atoms with van der Waals surface area (Å²) in [6, 6.07) is 5.15. The zero-order valence-corrected chi connectivity index (χ0v) is 12.4. The van der Waals surface area contributed by atoms with Crippen molar-refractivity contribution in [3.05, 3.63) is 28.8 Å². The molecule has 1 atom stereocenters. The standard InChI is InChI=1S/C14H20ClNO3/c1-9(17)7-10-5-6-11(8-12(10)15)16-13(18)19-14(2,3)4/h5-6,8-9,17H,7H2,1-4H3,(H,16,18). The van der Waals surface area contributed by atoms with E-state index in [4.69, 9.17) is 16.3 Å². The van der Waals surface area contributed by atoms with Crippen LogP contribution in [0.25, 0.3) is 0 Å². The number of anilines is 1. The van der Waals surface area contributed by atoms with Crippen LogP contribution in [0.3, 0.4) is 0 Å². The van der Waals surface area contributed by atoms with Crippen molar-refractivity contribution in [2.24, 2.45) is 0 Å². The van der Waals surface area contributed by atoms with Crippen LogP contribution in [-0.2, 0) is 11.2 Å². The second-order valence-electron chi connectivity index (χ2n) is 5.49. The van der Waals surface area contributed by atoms with E-state index in [0.29, 0.717) is 17.1 Å². The van der Waals surface area contributed by atoms with Crippen LogP contribution >= 0.6 is 11.6 Å². The lowest BCUT2D eigenvalue weighted by molar-refractivity contribution is 0.0636. The first-order valence-corrected chi connectivity index (χ1v) is 6.51. The van der Waals surface area contributed by atoms with Gasteiger partial charge in [0.2, 0.25) is 0 Å². The second-order valence-corrected chi connectivity index (χ2v) is 5.89. The Labute approximate surface area is 118 Å². The van der Waals surface area contributed by atoms with Gasteiger partial charge in [0, 0.05) is 10.7 Å². The van der Waals surface area contributed by atoms with Gasteiger partial charge in [0.1, 0.15) is 5.60 Å². The van der Waals surface area contributed by atoms with Crippen molar-refractivity contribution in [1.29, 1.82) is 0 Å². The molecule has 2 N–H and O–H groups in total. The number of ether oxygens (including phenoxy) is 1. The summed E-state index contributed by atoms with van der Waals surface area (Å²) < 4.78 is 5.14. The summed E-state index contributed by atoms with van der Waals surface area (Å²) in [5.74, 6) is 0. The smallest absolute Gasteiger partial charge is 0.412 e. The number of rotatable bonds is 3. The van der Waals surface area contributed by atoms with E-state index in [0.717, 1.165) is 5.56 Å². The number of benzene rings is 1. The van der Waals surface area contributed by atoms with Crippen molar-refractivity contribution in [3.8, 4) is 0 Å². The van der Waals surface area contributed by atoms with Gasteiger partial charge in [-0.15, -0.1) is 0 Å². The van der Waals surface area contributed by atoms with Crippen LogP contribution in [0.4, 0.5) is 10.5 Å². The monoisotopic (exact) mass is 285 g/mol. The highest BCUT2D eigenvalue weighted by Crippen LogP contribution is 2.22. The van der Waals surface area contributed by atoms with Gasteiger partial charge in [-0.25, -0.2) is 4.79 Å². The first-order chi connectivity index (χ1) is 8.67. The first-order valence-electron chi connectivity index (χ1n) is 6.14. The molecule has 19 heavy (non-hydrogen) atoms. The molecule has 0 bridgehead atoms. The summed E-state index contributed by atoms with van der Waals surface area (Å²) in [7, 11) is 0. The van der Waals surface area contributed by atoms with Crippen LogP contribution in [0, 0.1) is 0 Å². The maximum absolute atomic E-state index is 11.6. The maximum Gasteiger partial charge on any atom is 0.412 e. The fourth-order valence-corrected chi connectivity index (χ4v) is 1.79. The highest BCUT2D eigenvalue weighted by Gasteiger charge is 2.16. The molecule has 0 fully saturated rings. The predicted octanol–water partition coefficient (Wildman–Crippen LogP) is 3.61. The van der Waals surface area contributed by atoms with Crippen LogP contribution in [0.15, 0.2) is 18.2 Å². The Morgan fingerprint density at radius 2 is 2.11 bits per heavy atom. The fourth-order valence-electron chi connectivity index (χ4n) is 1.53. The number of halogens is 1. The Hall–Kier alpha value is -1.26. The third-order valence-electron chi connectivity index (χ3n) is 2.21. The number of aliphatic hydroxyl groups excluding tert-OH is 1. The highest BCUT2D eigenvalue weighted by molar-refractivity contribution is 6.31. The number of hydrogen-bond acceptors (Lipinski definition) is 3. The molecule has 0 saturated carbocycles. The van der Waals surface area contributed by atoms with E-state index in [2.05, 4.69) is 5.32 Å². The van der Waals surface area contributed by atoms with Crippen LogP contribution in [0.5, 0.6) is 0 Å². The molecule has 106 valence electrons. The fraction of sp³-hybridized carbons (Fsp3) is 0.500. The summed E-state index contributed by atoms with van der Waals surface area (Å²) in [6.07, 6.45) is -0.500. The molecule has 0 aromatic heterocycles. The van der Waals surface area contributed by atoms with Crippen molar-refractivity contribution in [2.75, 3.05) is 5.32 Å². The van der Waals surface area contributed by atoms with Gasteiger partial charge in [0.25, 0.3) is 0 Å². The molecular formula is C14H20ClNO3. The van der Waals surface area contributed by atoms with Gasteiger partial charge >= 0.3 is 6.09 Å². The van der Waals surface area contributed by atoms with Crippen LogP contribution in [0.2, 0.25) is 5.02 Å². The first kappa shape index (κ1) is 15.8. The van der Waals surface area contributed by atoms with Gasteiger partial charge in [-0.2, -0.15) is 0 Å². The van der Waals surface area contributed by atoms with Crippen molar-refractivity contribution in [3.63, 3.8) is 0 Å². The van der Waals surface area contributed by atoms with Gasteiger partial charge in [0.15, 0.2) is 0 Å². The van der Waals surface area contributed by atoms with Gasteiger partial charge in [0.05, 0.1) is 6.10 Å². The van der Waals surface area contributed by atoms with E-state index in [1.54, 1.807) is 45.9 Å². The lowest BCUT2D eigenvalue weighted by atomic mass is 10.1. The zero-order chi connectivity index (χ0) is 14.6. The SMILES string of the molecule is CC(O)Cc1ccc(NC(=O)OC(C)(C)C)cc1Cl. The minimum atomic E-state index is -0.542. The number of carbonyl (C=O) groups excluding carboxylic acids is 1. The van der Waals surface area contributed by atoms with E-state index in [1.165, 1.54) is 0 Å². The average molecular weight is 286 g/mol. The number of amides is 1. The summed E-state index contributed by atoms with van der Waals surface area (Å²) in [5, 5.41) is 12.4. The topological polar surface area (TPSA) is 58.6 Å². The Morgan fingerprint density at radius 3 is 2.58 bits per heavy atom. The molecule has 4 nitrogen and oxygen atoms in total. The van der Waals surface area contributed by atoms with E-state index in [1.807, 2.05) is 0 Å². The van der Waals surface area contributed by atoms with Crippen LogP contribution in [-0.4, -0.2) is 22.9 Å². The molecule has 1 rings (SSSR count). The lowest BCUT2D eigenvalue weighted by Crippen LogP contribution is -2.27. The molecule has 0 aliphatic carbocycles. The van der Waals surface area contributed by atoms with E-state index >= 15 is 0 Å². The summed E-state index contributed by atoms with van der Waals surface area (Å²) >= 11 is 6.09. The molecule has 0 spiro atoms. The molecule has 0 aliphatic heterocycles. The minimum absolute atomic E-state index is 0.456. The molecule has 1 aromatic rings. The van der Waals surface area contributed by atoms with E-state index < -0.39 is 17.8 Å². The molecular weight excluding hydrogens is 266 g/mol. The normalized spacial score (nSPS) is 12.9. The van der Waals surface area contributed by atoms with Crippen molar-refractivity contribution in [1.82, 2.24) is 0 Å². The molecule has 0 heterocycles. The average Bonchev–Trinajstić information content (AvgIpc) is 2.18. The minimum Gasteiger partial charge on any atom is -0.444 e. The number of aliphatic hydroxyl groups is 1. The Balaban J connectivity index is 2.71. The van der Waals surface area contributed by atoms with Crippen molar-refractivity contribution in [2.45, 2.75) is 45.8 Å². The largest absolute Gasteiger partial charge is 0.444 e. The van der Waals surface area contributed by atoms with Gasteiger partial charge < -0.3 is 9.84 Å². The molecule has 0 saturated heterocycles. The van der Waals surface area contributed by atoms with Gasteiger partial charge in [-0.05, 0) is 51.8 Å². The number of carbonyl (C=O) groups is 1. The van der Waals surface area contributed by atoms with Gasteiger partial charge in [-0.1, -0.05) is 17.7 Å². The summed E-state index contributed by atoms with van der Waals surface area (Å²) in [5.41, 5.74) is 0.861. The summed E-state index contributed by atoms with van der Waals surface area (Å²) in [6.45, 7) is 7.09. The molecule has 1 unspecified atom stereocenters. The van der Waals surface area contributed by atoms with E-state index in [-0.39, 0.29) is 0 Å². The second kappa shape index (κ2) is 6.26. The van der Waals surface area contributed by atoms with Gasteiger partial charge in [-0.3, -0.25) is 5.32 Å². The Kier molecular flexibility index (Phi) is 5.20. The van der Waals surface area contributed by atoms with Crippen LogP contribution in [0.1, 0.15) is 33.3 Å². The summed E-state index contributed by atoms with van der Waals surface area (Å²) in [4.78, 5) is 11.6. The predicted molar refractivity (Wildman–Crippen MR) is 76.7 cm³/mol. The highest BCUT2D eigenvalue weighted by atomic mass is 35.5. The molecule has 0 aliphatic rings. The quantitative estimate of drug-likeness (QED) is 0.892. The lowest BCUT2D eigenvalue weighted by Gasteiger charge is -2.19. The molecule has 1 aromatic carbocycles. The zero-order valence-electron chi connectivity index (χ0n) is 11.7.